The average molecular weight is 112 g/mol. The van der Waals surface area contributed by atoms with Gasteiger partial charge in [0.05, 0.1) is 13.4 Å². The van der Waals surface area contributed by atoms with Crippen LogP contribution in [-0.4, -0.2) is 7.11 Å². The molecule has 0 N–H and O–H groups in total. The minimum Gasteiger partial charge on any atom is -0.504 e. The van der Waals surface area contributed by atoms with Crippen molar-refractivity contribution in [2.75, 3.05) is 7.11 Å². The summed E-state index contributed by atoms with van der Waals surface area (Å²) < 4.78 is 4.66. The molecule has 0 atom stereocenters. The van der Waals surface area contributed by atoms with E-state index in [2.05, 4.69) is 17.7 Å². The topological polar surface area (TPSA) is 9.23 Å². The van der Waals surface area contributed by atoms with Gasteiger partial charge in [-0.1, -0.05) is 19.1 Å². The Kier molecular flexibility index (Phi) is 5.71. The van der Waals surface area contributed by atoms with Gasteiger partial charge >= 0.3 is 0 Å². The van der Waals surface area contributed by atoms with Crippen molar-refractivity contribution in [1.82, 2.24) is 0 Å². The second-order valence-corrected chi connectivity index (χ2v) is 1.40. The average Bonchev–Trinajstić information content (AvgIpc) is 1.81. The molecule has 8 heavy (non-hydrogen) atoms. The molecule has 0 aliphatic heterocycles. The van der Waals surface area contributed by atoms with Crippen LogP contribution in [0.1, 0.15) is 13.3 Å². The van der Waals surface area contributed by atoms with Crippen molar-refractivity contribution in [2.45, 2.75) is 13.3 Å². The van der Waals surface area contributed by atoms with Gasteiger partial charge in [0, 0.05) is 0 Å². The number of methoxy groups -OCH3 is 1. The first-order valence-corrected chi connectivity index (χ1v) is 2.76. The Morgan fingerprint density at radius 3 is 2.62 bits per heavy atom. The van der Waals surface area contributed by atoms with Gasteiger partial charge in [-0.05, 0) is 12.5 Å². The summed E-state index contributed by atoms with van der Waals surface area (Å²) in [5.41, 5.74) is 0. The molecule has 0 heterocycles. The Balaban J connectivity index is 3.13. The SMILES string of the molecule is CC/C=C\C=C\OC. The van der Waals surface area contributed by atoms with Gasteiger partial charge in [0.15, 0.2) is 0 Å². The van der Waals surface area contributed by atoms with E-state index < -0.39 is 0 Å². The van der Waals surface area contributed by atoms with Crippen LogP contribution in [-0.2, 0) is 4.74 Å². The predicted octanol–water partition coefficient (Wildman–Crippen LogP) is 2.11. The molecule has 0 saturated carbocycles. The Labute approximate surface area is 50.7 Å². The third-order valence-corrected chi connectivity index (χ3v) is 0.698. The minimum atomic E-state index is 1.08. The molecule has 1 heteroatoms. The monoisotopic (exact) mass is 112 g/mol. The van der Waals surface area contributed by atoms with Crippen LogP contribution in [0.15, 0.2) is 24.5 Å². The molecule has 1 nitrogen and oxygen atoms in total. The van der Waals surface area contributed by atoms with E-state index in [1.807, 2.05) is 12.2 Å². The van der Waals surface area contributed by atoms with Crippen LogP contribution in [0.3, 0.4) is 0 Å². The minimum absolute atomic E-state index is 1.08. The van der Waals surface area contributed by atoms with E-state index in [0.717, 1.165) is 6.42 Å². The first-order valence-electron chi connectivity index (χ1n) is 2.76. The second kappa shape index (κ2) is 6.28. The fourth-order valence-electron chi connectivity index (χ4n) is 0.339. The normalized spacial score (nSPS) is 11.2. The smallest absolute Gasteiger partial charge is 0.0824 e. The summed E-state index contributed by atoms with van der Waals surface area (Å²) >= 11 is 0. The lowest BCUT2D eigenvalue weighted by atomic mass is 10.4. The molecule has 0 amide bonds. The maximum absolute atomic E-state index is 4.66. The number of rotatable bonds is 3. The Hall–Kier alpha value is -0.720. The highest BCUT2D eigenvalue weighted by molar-refractivity contribution is 4.98. The molecule has 0 aliphatic rings. The van der Waals surface area contributed by atoms with Crippen LogP contribution in [0, 0.1) is 0 Å². The molecule has 0 rings (SSSR count). The largest absolute Gasteiger partial charge is 0.504 e. The van der Waals surface area contributed by atoms with E-state index in [4.69, 9.17) is 0 Å². The van der Waals surface area contributed by atoms with Crippen LogP contribution < -0.4 is 0 Å². The summed E-state index contributed by atoms with van der Waals surface area (Å²) in [6.45, 7) is 2.09. The molecule has 0 bridgehead atoms. The van der Waals surface area contributed by atoms with Gasteiger partial charge in [-0.3, -0.25) is 0 Å². The molecular formula is C7H12O. The van der Waals surface area contributed by atoms with Gasteiger partial charge in [-0.2, -0.15) is 0 Å². The van der Waals surface area contributed by atoms with Crippen LogP contribution in [0.5, 0.6) is 0 Å². The maximum Gasteiger partial charge on any atom is 0.0824 e. The van der Waals surface area contributed by atoms with Gasteiger partial charge < -0.3 is 4.74 Å². The fraction of sp³-hybridized carbons (Fsp3) is 0.429. The highest BCUT2D eigenvalue weighted by Crippen LogP contribution is 1.80. The molecule has 0 aliphatic carbocycles. The zero-order valence-corrected chi connectivity index (χ0v) is 5.42. The maximum atomic E-state index is 4.66. The van der Waals surface area contributed by atoms with Crippen LogP contribution in [0.2, 0.25) is 0 Å². The van der Waals surface area contributed by atoms with Crippen molar-refractivity contribution >= 4 is 0 Å². The molecule has 0 aromatic carbocycles. The molecular weight excluding hydrogens is 100 g/mol. The van der Waals surface area contributed by atoms with Crippen molar-refractivity contribution in [3.8, 4) is 0 Å². The highest BCUT2D eigenvalue weighted by atomic mass is 16.5. The molecule has 0 aromatic heterocycles. The van der Waals surface area contributed by atoms with E-state index in [1.54, 1.807) is 13.4 Å². The van der Waals surface area contributed by atoms with Crippen LogP contribution >= 0.6 is 0 Å². The molecule has 0 radical (unpaired) electrons. The van der Waals surface area contributed by atoms with Crippen molar-refractivity contribution < 1.29 is 4.74 Å². The first-order chi connectivity index (χ1) is 3.91. The van der Waals surface area contributed by atoms with Crippen molar-refractivity contribution in [3.63, 3.8) is 0 Å². The first kappa shape index (κ1) is 7.28. The predicted molar refractivity (Wildman–Crippen MR) is 35.6 cm³/mol. The van der Waals surface area contributed by atoms with Crippen molar-refractivity contribution in [1.29, 1.82) is 0 Å². The molecule has 0 fully saturated rings. The quantitative estimate of drug-likeness (QED) is 0.401. The third-order valence-electron chi connectivity index (χ3n) is 0.698. The Morgan fingerprint density at radius 2 is 2.12 bits per heavy atom. The van der Waals surface area contributed by atoms with E-state index in [0.29, 0.717) is 0 Å². The van der Waals surface area contributed by atoms with E-state index in [-0.39, 0.29) is 0 Å². The van der Waals surface area contributed by atoms with Crippen LogP contribution in [0.4, 0.5) is 0 Å². The summed E-state index contributed by atoms with van der Waals surface area (Å²) in [7, 11) is 1.64. The number of ether oxygens (including phenoxy) is 1. The Morgan fingerprint density at radius 1 is 1.38 bits per heavy atom. The molecule has 0 aromatic rings. The molecule has 0 spiro atoms. The number of hydrogen-bond donors (Lipinski definition) is 0. The summed E-state index contributed by atoms with van der Waals surface area (Å²) in [5, 5.41) is 0. The van der Waals surface area contributed by atoms with E-state index in [9.17, 15) is 0 Å². The molecule has 0 unspecified atom stereocenters. The Bertz CT molecular complexity index is 70.4. The van der Waals surface area contributed by atoms with Gasteiger partial charge in [-0.15, -0.1) is 0 Å². The zero-order chi connectivity index (χ0) is 6.24. The third kappa shape index (κ3) is 5.28. The van der Waals surface area contributed by atoms with Crippen LogP contribution in [0.25, 0.3) is 0 Å². The van der Waals surface area contributed by atoms with E-state index >= 15 is 0 Å². The van der Waals surface area contributed by atoms with E-state index in [1.165, 1.54) is 0 Å². The fourth-order valence-corrected chi connectivity index (χ4v) is 0.339. The van der Waals surface area contributed by atoms with Gasteiger partial charge in [-0.25, -0.2) is 0 Å². The zero-order valence-electron chi connectivity index (χ0n) is 5.42. The molecule has 0 saturated heterocycles. The van der Waals surface area contributed by atoms with Gasteiger partial charge in [0.25, 0.3) is 0 Å². The van der Waals surface area contributed by atoms with Crippen molar-refractivity contribution in [3.05, 3.63) is 24.5 Å². The lowest BCUT2D eigenvalue weighted by molar-refractivity contribution is 0.338. The van der Waals surface area contributed by atoms with Crippen molar-refractivity contribution in [2.24, 2.45) is 0 Å². The highest BCUT2D eigenvalue weighted by Gasteiger charge is 1.61. The molecule has 46 valence electrons. The number of hydrogen-bond acceptors (Lipinski definition) is 1. The number of allylic oxidation sites excluding steroid dienone is 3. The standard InChI is InChI=1S/C7H12O/c1-3-4-5-6-7-8-2/h4-7H,3H2,1-2H3/b5-4-,7-6+. The van der Waals surface area contributed by atoms with Gasteiger partial charge in [0.2, 0.25) is 0 Å². The summed E-state index contributed by atoms with van der Waals surface area (Å²) in [4.78, 5) is 0. The summed E-state index contributed by atoms with van der Waals surface area (Å²) in [5.74, 6) is 0. The lowest BCUT2D eigenvalue weighted by Crippen LogP contribution is -1.60. The second-order valence-electron chi connectivity index (χ2n) is 1.40. The van der Waals surface area contributed by atoms with Gasteiger partial charge in [0.1, 0.15) is 0 Å². The lowest BCUT2D eigenvalue weighted by Gasteiger charge is -1.79. The summed E-state index contributed by atoms with van der Waals surface area (Å²) in [6, 6.07) is 0. The summed E-state index contributed by atoms with van der Waals surface area (Å²) in [6.07, 6.45) is 8.61.